The fourth-order valence-corrected chi connectivity index (χ4v) is 3.93. The molecule has 0 saturated carbocycles. The molecule has 2 aliphatic rings. The van der Waals surface area contributed by atoms with Crippen LogP contribution >= 0.6 is 24.0 Å². The Kier molecular flexibility index (Phi) is 7.21. The number of aromatic nitrogens is 1. The average Bonchev–Trinajstić information content (AvgIpc) is 3.09. The summed E-state index contributed by atoms with van der Waals surface area (Å²) in [5.41, 5.74) is 4.81. The van der Waals surface area contributed by atoms with Gasteiger partial charge in [0.25, 0.3) is 0 Å². The molecule has 1 atom stereocenters. The van der Waals surface area contributed by atoms with Crippen molar-refractivity contribution in [1.82, 2.24) is 9.88 Å². The van der Waals surface area contributed by atoms with Gasteiger partial charge in [0.1, 0.15) is 5.82 Å². The zero-order valence-corrected chi connectivity index (χ0v) is 16.3. The number of carbonyl (C=O) groups is 1. The van der Waals surface area contributed by atoms with Crippen molar-refractivity contribution >= 4 is 35.7 Å². The van der Waals surface area contributed by atoms with Gasteiger partial charge >= 0.3 is 6.18 Å². The topological polar surface area (TPSA) is 62.5 Å². The normalized spacial score (nSPS) is 21.3. The number of amides is 1. The minimum Gasteiger partial charge on any atom is -0.355 e. The number of likely N-dealkylation sites (tertiary alicyclic amines) is 1. The lowest BCUT2D eigenvalue weighted by molar-refractivity contribution is -0.138. The van der Waals surface area contributed by atoms with Crippen molar-refractivity contribution in [1.29, 1.82) is 0 Å². The summed E-state index contributed by atoms with van der Waals surface area (Å²) in [5.74, 6) is 0.826. The molecule has 0 radical (unpaired) electrons. The van der Waals surface area contributed by atoms with E-state index < -0.39 is 11.7 Å². The van der Waals surface area contributed by atoms with Gasteiger partial charge in [0, 0.05) is 38.3 Å². The van der Waals surface area contributed by atoms with Gasteiger partial charge in [-0.3, -0.25) is 4.79 Å². The van der Waals surface area contributed by atoms with Gasteiger partial charge in [-0.15, -0.1) is 12.4 Å². The monoisotopic (exact) mass is 426 g/mol. The maximum absolute atomic E-state index is 12.7. The Labute approximate surface area is 167 Å². The molecular formula is C17H23Cl2F3N4O. The third-order valence-electron chi connectivity index (χ3n) is 5.22. The molecule has 2 N–H and O–H groups in total. The number of piperidine rings is 1. The lowest BCUT2D eigenvalue weighted by atomic mass is 9.95. The molecule has 1 amide bonds. The third-order valence-corrected chi connectivity index (χ3v) is 5.50. The SMILES string of the molecule is Cl.NCC1CCN(C(=O)C2CCN(c3ncc(C(F)(F)F)cc3Cl)CC2)C1. The van der Waals surface area contributed by atoms with Crippen molar-refractivity contribution in [2.45, 2.75) is 25.4 Å². The second kappa shape index (κ2) is 8.84. The number of hydrogen-bond acceptors (Lipinski definition) is 4. The number of nitrogens with zero attached hydrogens (tertiary/aromatic N) is 3. The highest BCUT2D eigenvalue weighted by Crippen LogP contribution is 2.35. The molecule has 27 heavy (non-hydrogen) atoms. The number of rotatable bonds is 3. The van der Waals surface area contributed by atoms with E-state index in [1.807, 2.05) is 9.80 Å². The Bertz CT molecular complexity index is 666. The van der Waals surface area contributed by atoms with Crippen molar-refractivity contribution in [2.75, 3.05) is 37.6 Å². The van der Waals surface area contributed by atoms with Crippen LogP contribution in [0.15, 0.2) is 12.3 Å². The molecule has 1 unspecified atom stereocenters. The second-order valence-electron chi connectivity index (χ2n) is 6.96. The molecule has 2 fully saturated rings. The number of anilines is 1. The van der Waals surface area contributed by atoms with Crippen LogP contribution in [0.25, 0.3) is 0 Å². The largest absolute Gasteiger partial charge is 0.417 e. The van der Waals surface area contributed by atoms with Gasteiger partial charge in [0.2, 0.25) is 5.91 Å². The predicted molar refractivity (Wildman–Crippen MR) is 100 cm³/mol. The van der Waals surface area contributed by atoms with E-state index in [0.717, 1.165) is 31.8 Å². The van der Waals surface area contributed by atoms with E-state index >= 15 is 0 Å². The minimum atomic E-state index is -4.47. The zero-order valence-electron chi connectivity index (χ0n) is 14.7. The molecule has 152 valence electrons. The van der Waals surface area contributed by atoms with E-state index in [-0.39, 0.29) is 29.3 Å². The van der Waals surface area contributed by atoms with E-state index in [0.29, 0.717) is 44.2 Å². The van der Waals surface area contributed by atoms with Gasteiger partial charge < -0.3 is 15.5 Å². The van der Waals surface area contributed by atoms with Crippen molar-refractivity contribution in [3.63, 3.8) is 0 Å². The second-order valence-corrected chi connectivity index (χ2v) is 7.37. The summed E-state index contributed by atoms with van der Waals surface area (Å²) >= 11 is 6.01. The van der Waals surface area contributed by atoms with Crippen molar-refractivity contribution in [3.05, 3.63) is 22.8 Å². The van der Waals surface area contributed by atoms with Gasteiger partial charge in [-0.2, -0.15) is 13.2 Å². The maximum atomic E-state index is 12.7. The van der Waals surface area contributed by atoms with Crippen molar-refractivity contribution < 1.29 is 18.0 Å². The van der Waals surface area contributed by atoms with Crippen LogP contribution in [-0.2, 0) is 11.0 Å². The first-order valence-electron chi connectivity index (χ1n) is 8.76. The summed E-state index contributed by atoms with van der Waals surface area (Å²) in [6.07, 6.45) is -1.43. The number of nitrogens with two attached hydrogens (primary N) is 1. The molecule has 2 aliphatic heterocycles. The van der Waals surface area contributed by atoms with E-state index in [2.05, 4.69) is 4.98 Å². The average molecular weight is 427 g/mol. The molecule has 0 aliphatic carbocycles. The van der Waals surface area contributed by atoms with Crippen LogP contribution in [0, 0.1) is 11.8 Å². The summed E-state index contributed by atoms with van der Waals surface area (Å²) in [5, 5.41) is -0.0186. The number of hydrogen-bond donors (Lipinski definition) is 1. The van der Waals surface area contributed by atoms with Crippen LogP contribution < -0.4 is 10.6 Å². The highest BCUT2D eigenvalue weighted by Gasteiger charge is 2.34. The van der Waals surface area contributed by atoms with Crippen molar-refractivity contribution in [3.8, 4) is 0 Å². The number of pyridine rings is 1. The molecule has 5 nitrogen and oxygen atoms in total. The van der Waals surface area contributed by atoms with E-state index in [4.69, 9.17) is 17.3 Å². The first kappa shape index (κ1) is 22.0. The van der Waals surface area contributed by atoms with Crippen LogP contribution in [0.2, 0.25) is 5.02 Å². The van der Waals surface area contributed by atoms with Crippen LogP contribution in [0.3, 0.4) is 0 Å². The van der Waals surface area contributed by atoms with Gasteiger partial charge in [0.15, 0.2) is 0 Å². The van der Waals surface area contributed by atoms with Crippen molar-refractivity contribution in [2.24, 2.45) is 17.6 Å². The first-order valence-corrected chi connectivity index (χ1v) is 9.14. The third kappa shape index (κ3) is 4.97. The van der Waals surface area contributed by atoms with Crippen LogP contribution in [0.5, 0.6) is 0 Å². The summed E-state index contributed by atoms with van der Waals surface area (Å²) in [6.45, 7) is 3.17. The summed E-state index contributed by atoms with van der Waals surface area (Å²) < 4.78 is 38.2. The first-order chi connectivity index (χ1) is 12.3. The standard InChI is InChI=1S/C17H22ClF3N4O.ClH/c18-14-7-13(17(19,20)21)9-23-15(14)24-5-2-12(3-6-24)16(26)25-4-1-11(8-22)10-25;/h7,9,11-12H,1-6,8,10,22H2;1H. The molecule has 10 heteroatoms. The number of carbonyl (C=O) groups excluding carboxylic acids is 1. The molecule has 3 rings (SSSR count). The summed E-state index contributed by atoms with van der Waals surface area (Å²) in [7, 11) is 0. The lowest BCUT2D eigenvalue weighted by Crippen LogP contribution is -2.42. The lowest BCUT2D eigenvalue weighted by Gasteiger charge is -2.34. The number of alkyl halides is 3. The highest BCUT2D eigenvalue weighted by molar-refractivity contribution is 6.33. The van der Waals surface area contributed by atoms with Gasteiger partial charge in [-0.05, 0) is 37.8 Å². The Balaban J connectivity index is 0.00000261. The Morgan fingerprint density at radius 3 is 2.44 bits per heavy atom. The molecule has 0 spiro atoms. The molecule has 2 saturated heterocycles. The minimum absolute atomic E-state index is 0. The summed E-state index contributed by atoms with van der Waals surface area (Å²) in [4.78, 5) is 20.3. The van der Waals surface area contributed by atoms with Crippen LogP contribution in [0.4, 0.5) is 19.0 Å². The van der Waals surface area contributed by atoms with Gasteiger partial charge in [-0.25, -0.2) is 4.98 Å². The Morgan fingerprint density at radius 2 is 1.93 bits per heavy atom. The molecule has 1 aromatic rings. The predicted octanol–water partition coefficient (Wildman–Crippen LogP) is 3.20. The summed E-state index contributed by atoms with van der Waals surface area (Å²) in [6, 6.07) is 0.901. The maximum Gasteiger partial charge on any atom is 0.417 e. The van der Waals surface area contributed by atoms with E-state index in [9.17, 15) is 18.0 Å². The zero-order chi connectivity index (χ0) is 18.9. The van der Waals surface area contributed by atoms with E-state index in [1.165, 1.54) is 0 Å². The smallest absolute Gasteiger partial charge is 0.355 e. The van der Waals surface area contributed by atoms with E-state index in [1.54, 1.807) is 0 Å². The quantitative estimate of drug-likeness (QED) is 0.805. The molecule has 1 aromatic heterocycles. The van der Waals surface area contributed by atoms with Crippen LogP contribution in [-0.4, -0.2) is 48.5 Å². The molecule has 3 heterocycles. The molecular weight excluding hydrogens is 404 g/mol. The van der Waals surface area contributed by atoms with Gasteiger partial charge in [0.05, 0.1) is 10.6 Å². The number of halogens is 5. The van der Waals surface area contributed by atoms with Gasteiger partial charge in [-0.1, -0.05) is 11.6 Å². The Morgan fingerprint density at radius 1 is 1.26 bits per heavy atom. The van der Waals surface area contributed by atoms with Crippen LogP contribution in [0.1, 0.15) is 24.8 Å². The highest BCUT2D eigenvalue weighted by atomic mass is 35.5. The molecule has 0 bridgehead atoms. The molecule has 0 aromatic carbocycles. The Hall–Kier alpha value is -1.25. The fourth-order valence-electron chi connectivity index (χ4n) is 3.64. The fraction of sp³-hybridized carbons (Fsp3) is 0.647.